The van der Waals surface area contributed by atoms with Gasteiger partial charge in [0.1, 0.15) is 0 Å². The fourth-order valence-corrected chi connectivity index (χ4v) is 4.02. The normalized spacial score (nSPS) is 17.2. The van der Waals surface area contributed by atoms with Gasteiger partial charge in [0.25, 0.3) is 0 Å². The zero-order valence-electron chi connectivity index (χ0n) is 17.8. The van der Waals surface area contributed by atoms with E-state index in [0.717, 1.165) is 55.0 Å². The minimum Gasteiger partial charge on any atom is -0.504 e. The van der Waals surface area contributed by atoms with E-state index in [9.17, 15) is 10.2 Å². The lowest BCUT2D eigenvalue weighted by Gasteiger charge is -2.42. The summed E-state index contributed by atoms with van der Waals surface area (Å²) in [5, 5.41) is 19.7. The quantitative estimate of drug-likeness (QED) is 0.578. The van der Waals surface area contributed by atoms with Crippen LogP contribution in [0.25, 0.3) is 0 Å². The molecule has 0 amide bonds. The number of benzene rings is 2. The second kappa shape index (κ2) is 8.78. The molecular formula is C24H31NO4. The summed E-state index contributed by atoms with van der Waals surface area (Å²) in [6.07, 6.45) is 2.83. The highest BCUT2D eigenvalue weighted by atomic mass is 16.5. The van der Waals surface area contributed by atoms with Crippen molar-refractivity contribution < 1.29 is 19.7 Å². The van der Waals surface area contributed by atoms with E-state index in [2.05, 4.69) is 24.5 Å². The summed E-state index contributed by atoms with van der Waals surface area (Å²) < 4.78 is 11.0. The molecule has 2 aromatic rings. The maximum atomic E-state index is 9.91. The zero-order chi connectivity index (χ0) is 21.1. The maximum absolute atomic E-state index is 9.91. The Kier molecular flexibility index (Phi) is 6.38. The number of allylic oxidation sites excluding steroid dienone is 1. The number of nitrogens with zero attached hydrogens (tertiary/aromatic N) is 1. The van der Waals surface area contributed by atoms with Crippen LogP contribution in [0.3, 0.4) is 0 Å². The lowest BCUT2D eigenvalue weighted by atomic mass is 9.83. The van der Waals surface area contributed by atoms with Gasteiger partial charge in [0.2, 0.25) is 0 Å². The molecule has 5 heteroatoms. The molecule has 2 aliphatic rings. The number of methoxy groups -OCH3 is 2. The smallest absolute Gasteiger partial charge is 0.165 e. The molecule has 4 rings (SSSR count). The van der Waals surface area contributed by atoms with Crippen LogP contribution in [0.15, 0.2) is 36.4 Å². The van der Waals surface area contributed by atoms with E-state index in [0.29, 0.717) is 0 Å². The zero-order valence-corrected chi connectivity index (χ0v) is 17.8. The van der Waals surface area contributed by atoms with Gasteiger partial charge in [-0.25, -0.2) is 0 Å². The summed E-state index contributed by atoms with van der Waals surface area (Å²) in [6.45, 7) is 9.51. The van der Waals surface area contributed by atoms with Gasteiger partial charge in [-0.05, 0) is 61.1 Å². The summed E-state index contributed by atoms with van der Waals surface area (Å²) in [5.41, 5.74) is 5.91. The van der Waals surface area contributed by atoms with E-state index in [1.165, 1.54) is 16.7 Å². The standard InChI is InChI=1S/C19H21NO4.C5H10/c1-23-18-4-3-11-7-15-13-9-17(22)16(21)8-12(13)5-6-20(15)10-14(11)19(18)24-2;1-4-5(2)3/h3-4,8-9,15,21-22H,5-7,10H2,1-2H3;2,4H2,1,3H3. The van der Waals surface area contributed by atoms with Crippen LogP contribution in [0, 0.1) is 0 Å². The first-order valence-corrected chi connectivity index (χ1v) is 10.0. The summed E-state index contributed by atoms with van der Waals surface area (Å²) >= 11 is 0. The number of hydrogen-bond donors (Lipinski definition) is 2. The Labute approximate surface area is 173 Å². The lowest BCUT2D eigenvalue weighted by Crippen LogP contribution is -2.39. The van der Waals surface area contributed by atoms with E-state index < -0.39 is 0 Å². The van der Waals surface area contributed by atoms with Crippen molar-refractivity contribution in [2.24, 2.45) is 0 Å². The average Bonchev–Trinajstić information content (AvgIpc) is 2.72. The molecule has 0 saturated heterocycles. The molecule has 2 N–H and O–H groups in total. The van der Waals surface area contributed by atoms with Crippen LogP contribution in [0.5, 0.6) is 23.0 Å². The van der Waals surface area contributed by atoms with Crippen LogP contribution in [0.4, 0.5) is 0 Å². The molecule has 1 unspecified atom stereocenters. The fourth-order valence-electron chi connectivity index (χ4n) is 4.02. The first-order chi connectivity index (χ1) is 13.9. The van der Waals surface area contributed by atoms with Crippen LogP contribution in [-0.2, 0) is 19.4 Å². The molecule has 2 aromatic carbocycles. The van der Waals surface area contributed by atoms with Gasteiger partial charge in [0, 0.05) is 24.7 Å². The topological polar surface area (TPSA) is 62.2 Å². The van der Waals surface area contributed by atoms with E-state index in [1.54, 1.807) is 26.4 Å². The maximum Gasteiger partial charge on any atom is 0.165 e. The van der Waals surface area contributed by atoms with Crippen molar-refractivity contribution in [2.45, 2.75) is 45.7 Å². The van der Waals surface area contributed by atoms with E-state index in [-0.39, 0.29) is 17.5 Å². The van der Waals surface area contributed by atoms with Gasteiger partial charge in [-0.1, -0.05) is 18.6 Å². The average molecular weight is 398 g/mol. The Balaban J connectivity index is 0.000000431. The largest absolute Gasteiger partial charge is 0.504 e. The van der Waals surface area contributed by atoms with Crippen LogP contribution < -0.4 is 9.47 Å². The minimum absolute atomic E-state index is 0.0372. The van der Waals surface area contributed by atoms with Crippen LogP contribution >= 0.6 is 0 Å². The van der Waals surface area contributed by atoms with Gasteiger partial charge in [-0.3, -0.25) is 4.90 Å². The van der Waals surface area contributed by atoms with E-state index in [1.807, 2.05) is 13.0 Å². The number of aromatic hydroxyl groups is 2. The fraction of sp³-hybridized carbons (Fsp3) is 0.417. The van der Waals surface area contributed by atoms with E-state index in [4.69, 9.17) is 9.47 Å². The third kappa shape index (κ3) is 4.20. The Hall–Kier alpha value is -2.66. The lowest BCUT2D eigenvalue weighted by molar-refractivity contribution is 0.157. The van der Waals surface area contributed by atoms with Crippen molar-refractivity contribution in [3.05, 3.63) is 58.7 Å². The van der Waals surface area contributed by atoms with Gasteiger partial charge in [-0.2, -0.15) is 0 Å². The van der Waals surface area contributed by atoms with Gasteiger partial charge in [0.05, 0.1) is 14.2 Å². The first kappa shape index (κ1) is 21.1. The molecule has 0 radical (unpaired) electrons. The minimum atomic E-state index is -0.0475. The Morgan fingerprint density at radius 3 is 2.45 bits per heavy atom. The molecule has 0 aromatic heterocycles. The van der Waals surface area contributed by atoms with Gasteiger partial charge < -0.3 is 19.7 Å². The number of ether oxygens (including phenoxy) is 2. The molecule has 2 aliphatic heterocycles. The molecule has 29 heavy (non-hydrogen) atoms. The summed E-state index contributed by atoms with van der Waals surface area (Å²) in [7, 11) is 3.33. The van der Waals surface area contributed by atoms with E-state index >= 15 is 0 Å². The number of rotatable bonds is 3. The molecule has 0 aliphatic carbocycles. The van der Waals surface area contributed by atoms with Gasteiger partial charge >= 0.3 is 0 Å². The highest BCUT2D eigenvalue weighted by molar-refractivity contribution is 5.54. The van der Waals surface area contributed by atoms with Crippen molar-refractivity contribution in [2.75, 3.05) is 20.8 Å². The Morgan fingerprint density at radius 2 is 1.83 bits per heavy atom. The Morgan fingerprint density at radius 1 is 1.14 bits per heavy atom. The van der Waals surface area contributed by atoms with Crippen molar-refractivity contribution in [3.8, 4) is 23.0 Å². The van der Waals surface area contributed by atoms with Crippen LogP contribution in [0.2, 0.25) is 0 Å². The SMILES string of the molecule is C=C(C)CC.COc1ccc2c(c1OC)CN1CCc3cc(O)c(O)cc3C1C2. The summed E-state index contributed by atoms with van der Waals surface area (Å²) in [6, 6.07) is 7.68. The monoisotopic (exact) mass is 397 g/mol. The molecule has 156 valence electrons. The molecular weight excluding hydrogens is 366 g/mol. The Bertz CT molecular complexity index is 906. The molecule has 2 heterocycles. The molecule has 0 fully saturated rings. The third-order valence-electron chi connectivity index (χ3n) is 5.83. The molecule has 5 nitrogen and oxygen atoms in total. The second-order valence-electron chi connectivity index (χ2n) is 7.73. The van der Waals surface area contributed by atoms with Gasteiger partial charge in [0.15, 0.2) is 23.0 Å². The molecule has 1 atom stereocenters. The number of phenolic OH excluding ortho intramolecular Hbond substituents is 2. The van der Waals surface area contributed by atoms with Crippen molar-refractivity contribution in [1.82, 2.24) is 4.90 Å². The summed E-state index contributed by atoms with van der Waals surface area (Å²) in [4.78, 5) is 2.41. The van der Waals surface area contributed by atoms with Gasteiger partial charge in [-0.15, -0.1) is 6.58 Å². The third-order valence-corrected chi connectivity index (χ3v) is 5.83. The highest BCUT2D eigenvalue weighted by Gasteiger charge is 2.34. The molecule has 0 spiro atoms. The molecule has 0 bridgehead atoms. The predicted molar refractivity (Wildman–Crippen MR) is 115 cm³/mol. The number of fused-ring (bicyclic) bond motifs is 4. The molecule has 0 saturated carbocycles. The number of hydrogen-bond acceptors (Lipinski definition) is 5. The van der Waals surface area contributed by atoms with Crippen LogP contribution in [-0.4, -0.2) is 35.9 Å². The van der Waals surface area contributed by atoms with Crippen LogP contribution in [0.1, 0.15) is 48.6 Å². The van der Waals surface area contributed by atoms with Crippen molar-refractivity contribution in [1.29, 1.82) is 0 Å². The summed E-state index contributed by atoms with van der Waals surface area (Å²) in [5.74, 6) is 1.49. The second-order valence-corrected chi connectivity index (χ2v) is 7.73. The highest BCUT2D eigenvalue weighted by Crippen LogP contribution is 2.45. The van der Waals surface area contributed by atoms with Crippen molar-refractivity contribution >= 4 is 0 Å². The number of phenols is 2. The predicted octanol–water partition coefficient (Wildman–Crippen LogP) is 4.74. The first-order valence-electron chi connectivity index (χ1n) is 10.0. The van der Waals surface area contributed by atoms with Crippen molar-refractivity contribution in [3.63, 3.8) is 0 Å².